The van der Waals surface area contributed by atoms with E-state index in [1.165, 1.54) is 11.1 Å². The average Bonchev–Trinajstić information content (AvgIpc) is 3.44. The molecule has 6 rings (SSSR count). The van der Waals surface area contributed by atoms with Crippen molar-refractivity contribution >= 4 is 51.7 Å². The molecule has 3 N–H and O–H groups in total. The monoisotopic (exact) mass is 568 g/mol. The van der Waals surface area contributed by atoms with Crippen LogP contribution < -0.4 is 10.0 Å². The van der Waals surface area contributed by atoms with Crippen LogP contribution in [0.25, 0.3) is 22.6 Å². The Kier molecular flexibility index (Phi) is 6.60. The summed E-state index contributed by atoms with van der Waals surface area (Å²) in [6, 6.07) is 14.2. The summed E-state index contributed by atoms with van der Waals surface area (Å²) in [5.74, 6) is 1.61. The van der Waals surface area contributed by atoms with E-state index in [9.17, 15) is 4.55 Å². The largest absolute Gasteiger partial charge is 0.598 e. The van der Waals surface area contributed by atoms with E-state index in [2.05, 4.69) is 39.1 Å². The summed E-state index contributed by atoms with van der Waals surface area (Å²) in [5, 5.41) is 6.84. The minimum absolute atomic E-state index is 0.115. The average molecular weight is 570 g/mol. The highest BCUT2D eigenvalue weighted by atomic mass is 35.5. The number of hydrogen-bond acceptors (Lipinski definition) is 6. The van der Waals surface area contributed by atoms with Crippen LogP contribution in [-0.2, 0) is 17.8 Å². The zero-order chi connectivity index (χ0) is 26.7. The van der Waals surface area contributed by atoms with Gasteiger partial charge >= 0.3 is 0 Å². The number of imidazole rings is 1. The van der Waals surface area contributed by atoms with Gasteiger partial charge in [-0.25, -0.2) is 9.97 Å². The second kappa shape index (κ2) is 9.68. The molecule has 1 fully saturated rings. The van der Waals surface area contributed by atoms with Crippen LogP contribution in [0.2, 0.25) is 10.0 Å². The summed E-state index contributed by atoms with van der Waals surface area (Å²) in [5.41, 5.74) is 4.99. The highest BCUT2D eigenvalue weighted by molar-refractivity contribution is 7.90. The van der Waals surface area contributed by atoms with E-state index in [-0.39, 0.29) is 5.41 Å². The first-order valence-electron chi connectivity index (χ1n) is 12.8. The number of rotatable bonds is 5. The van der Waals surface area contributed by atoms with Crippen LogP contribution in [0.5, 0.6) is 0 Å². The third-order valence-corrected chi connectivity index (χ3v) is 10.5. The molecule has 0 bridgehead atoms. The molecule has 1 unspecified atom stereocenters. The van der Waals surface area contributed by atoms with E-state index in [4.69, 9.17) is 38.3 Å². The third kappa shape index (κ3) is 4.46. The second-order valence-corrected chi connectivity index (χ2v) is 13.6. The summed E-state index contributed by atoms with van der Waals surface area (Å²) in [6.07, 6.45) is 5.63. The first-order chi connectivity index (χ1) is 18.2. The Bertz CT molecular complexity index is 1500. The van der Waals surface area contributed by atoms with Gasteiger partial charge in [0.25, 0.3) is 0 Å². The fourth-order valence-corrected chi connectivity index (χ4v) is 6.93. The number of nitrogens with zero attached hydrogens (tertiary/aromatic N) is 4. The predicted octanol–water partition coefficient (Wildman–Crippen LogP) is 6.04. The molecule has 7 nitrogen and oxygen atoms in total. The van der Waals surface area contributed by atoms with Gasteiger partial charge in [0.2, 0.25) is 5.95 Å². The molecule has 1 spiro atoms. The molecule has 3 heterocycles. The van der Waals surface area contributed by atoms with Crippen molar-refractivity contribution in [2.24, 2.45) is 10.6 Å². The molecular formula is C28H30Cl2N6OS. The van der Waals surface area contributed by atoms with Crippen LogP contribution in [0, 0.1) is 5.41 Å². The quantitative estimate of drug-likeness (QED) is 0.284. The number of anilines is 1. The SMILES string of the molecule is CC(C)(C[C@@H]1c2ccccc2CC12CCN(c1ncc3[nH]c(-c4cccc(Cl)c4Cl)nc3n1)CC2)[S+](N)[O-]. The number of nitrogens with two attached hydrogens (primary N) is 1. The minimum Gasteiger partial charge on any atom is -0.598 e. The van der Waals surface area contributed by atoms with Gasteiger partial charge in [-0.05, 0) is 67.7 Å². The summed E-state index contributed by atoms with van der Waals surface area (Å²) >= 11 is 11.2. The number of fused-ring (bicyclic) bond motifs is 2. The zero-order valence-corrected chi connectivity index (χ0v) is 23.7. The first-order valence-corrected chi connectivity index (χ1v) is 14.8. The standard InChI is InChI=1S/C28H30Cl2N6OS/c1-27(2,38(31)37)15-20-18-7-4-3-6-17(18)14-28(20)10-12-36(13-11-28)26-32-16-22-25(35-26)34-24(33-22)19-8-5-9-21(29)23(19)30/h3-9,16,20H,10-15,31H2,1-2H3,(H,32,33,34,35)/t20-,38?/m1/s1. The van der Waals surface area contributed by atoms with Gasteiger partial charge in [-0.15, -0.1) is 0 Å². The van der Waals surface area contributed by atoms with E-state index in [0.29, 0.717) is 33.4 Å². The maximum atomic E-state index is 12.3. The lowest BCUT2D eigenvalue weighted by atomic mass is 9.67. The minimum atomic E-state index is -1.39. The predicted molar refractivity (Wildman–Crippen MR) is 155 cm³/mol. The van der Waals surface area contributed by atoms with Gasteiger partial charge < -0.3 is 14.4 Å². The summed E-state index contributed by atoms with van der Waals surface area (Å²) < 4.78 is 11.9. The normalized spacial score (nSPS) is 19.7. The van der Waals surface area contributed by atoms with Crippen molar-refractivity contribution in [2.45, 2.75) is 50.2 Å². The maximum absolute atomic E-state index is 12.3. The molecule has 4 aromatic rings. The van der Waals surface area contributed by atoms with Gasteiger partial charge in [-0.1, -0.05) is 53.5 Å². The number of piperidine rings is 1. The van der Waals surface area contributed by atoms with E-state index < -0.39 is 16.1 Å². The Balaban J connectivity index is 1.25. The molecule has 2 aromatic heterocycles. The number of nitrogens with one attached hydrogen (secondary N) is 1. The molecule has 10 heteroatoms. The van der Waals surface area contributed by atoms with E-state index in [0.717, 1.165) is 49.9 Å². The van der Waals surface area contributed by atoms with Crippen LogP contribution in [0.15, 0.2) is 48.7 Å². The number of halogens is 2. The van der Waals surface area contributed by atoms with Crippen molar-refractivity contribution < 1.29 is 4.55 Å². The second-order valence-electron chi connectivity index (χ2n) is 11.1. The molecule has 2 atom stereocenters. The zero-order valence-electron chi connectivity index (χ0n) is 21.4. The van der Waals surface area contributed by atoms with Crippen LogP contribution in [-0.4, -0.2) is 42.3 Å². The highest BCUT2D eigenvalue weighted by Crippen LogP contribution is 2.56. The fraction of sp³-hybridized carbons (Fsp3) is 0.393. The van der Waals surface area contributed by atoms with Crippen LogP contribution >= 0.6 is 23.2 Å². The first kappa shape index (κ1) is 25.9. The molecule has 1 aliphatic heterocycles. The maximum Gasteiger partial charge on any atom is 0.227 e. The summed E-state index contributed by atoms with van der Waals surface area (Å²) in [7, 11) is 0. The van der Waals surface area contributed by atoms with E-state index >= 15 is 0 Å². The molecule has 198 valence electrons. The van der Waals surface area contributed by atoms with Gasteiger partial charge in [-0.2, -0.15) is 10.1 Å². The van der Waals surface area contributed by atoms with Crippen molar-refractivity contribution in [1.82, 2.24) is 19.9 Å². The van der Waals surface area contributed by atoms with Crippen molar-refractivity contribution in [1.29, 1.82) is 0 Å². The molecule has 38 heavy (non-hydrogen) atoms. The van der Waals surface area contributed by atoms with E-state index in [1.807, 2.05) is 26.0 Å². The molecular weight excluding hydrogens is 539 g/mol. The highest BCUT2D eigenvalue weighted by Gasteiger charge is 2.50. The Morgan fingerprint density at radius 1 is 1.13 bits per heavy atom. The molecule has 1 saturated heterocycles. The third-order valence-electron chi connectivity index (χ3n) is 8.43. The number of aromatic nitrogens is 4. The van der Waals surface area contributed by atoms with Gasteiger partial charge in [-0.3, -0.25) is 0 Å². The molecule has 0 radical (unpaired) electrons. The smallest absolute Gasteiger partial charge is 0.227 e. The molecule has 2 aliphatic rings. The van der Waals surface area contributed by atoms with E-state index in [1.54, 1.807) is 12.3 Å². The van der Waals surface area contributed by atoms with Gasteiger partial charge in [0, 0.05) is 36.4 Å². The number of H-pyrrole nitrogens is 1. The summed E-state index contributed by atoms with van der Waals surface area (Å²) in [6.45, 7) is 5.73. The summed E-state index contributed by atoms with van der Waals surface area (Å²) in [4.78, 5) is 19.7. The van der Waals surface area contributed by atoms with Gasteiger partial charge in [0.1, 0.15) is 16.1 Å². The molecule has 0 saturated carbocycles. The molecule has 1 aliphatic carbocycles. The van der Waals surface area contributed by atoms with Crippen molar-refractivity contribution in [2.75, 3.05) is 18.0 Å². The Morgan fingerprint density at radius 2 is 1.89 bits per heavy atom. The Hall–Kier alpha value is -2.36. The lowest BCUT2D eigenvalue weighted by Gasteiger charge is -2.45. The van der Waals surface area contributed by atoms with Crippen LogP contribution in [0.3, 0.4) is 0 Å². The van der Waals surface area contributed by atoms with Gasteiger partial charge in [0.05, 0.1) is 16.2 Å². The lowest BCUT2D eigenvalue weighted by molar-refractivity contribution is 0.169. The van der Waals surface area contributed by atoms with Crippen LogP contribution in [0.1, 0.15) is 50.2 Å². The topological polar surface area (TPSA) is 107 Å². The number of hydrogen-bond donors (Lipinski definition) is 2. The number of aromatic amines is 1. The van der Waals surface area contributed by atoms with Gasteiger partial charge in [0.15, 0.2) is 5.65 Å². The lowest BCUT2D eigenvalue weighted by Crippen LogP contribution is -2.46. The van der Waals surface area contributed by atoms with Crippen LogP contribution in [0.4, 0.5) is 5.95 Å². The fourth-order valence-electron chi connectivity index (χ4n) is 6.21. The van der Waals surface area contributed by atoms with Crippen molar-refractivity contribution in [3.05, 3.63) is 69.8 Å². The van der Waals surface area contributed by atoms with Crippen molar-refractivity contribution in [3.63, 3.8) is 0 Å². The Morgan fingerprint density at radius 3 is 2.66 bits per heavy atom. The number of benzene rings is 2. The Labute approximate surface area is 235 Å². The molecule has 2 aromatic carbocycles. The van der Waals surface area contributed by atoms with Crippen molar-refractivity contribution in [3.8, 4) is 11.4 Å². The molecule has 0 amide bonds.